The molecule has 1 N–H and O–H groups in total. The minimum atomic E-state index is -0.573. The average molecular weight is 273 g/mol. The smallest absolute Gasteiger partial charge is 0.0713 e. The molecule has 2 aliphatic rings. The van der Waals surface area contributed by atoms with E-state index in [4.69, 9.17) is 4.74 Å². The lowest BCUT2D eigenvalue weighted by Crippen LogP contribution is -2.60. The third-order valence-corrected chi connectivity index (χ3v) is 4.61. The highest BCUT2D eigenvalue weighted by Crippen LogP contribution is 2.35. The Morgan fingerprint density at radius 3 is 2.55 bits per heavy atom. The molecule has 1 aromatic carbocycles. The van der Waals surface area contributed by atoms with Crippen LogP contribution in [0.4, 0.5) is 0 Å². The Kier molecular flexibility index (Phi) is 3.92. The standard InChI is InChI=1S/C17H23NO2/c1-18-15-10-17(19,11-16(18)13-20-12-15)9-5-8-14-6-3-2-4-7-14/h2-8,15-16,19H,9-13H2,1H3/b8-5+. The SMILES string of the molecule is CN1C2COCC1CC(O)(C/C=C/c1ccccc1)C2. The second kappa shape index (κ2) is 5.68. The Hall–Kier alpha value is -1.16. The summed E-state index contributed by atoms with van der Waals surface area (Å²) in [4.78, 5) is 2.37. The van der Waals surface area contributed by atoms with Crippen molar-refractivity contribution in [3.63, 3.8) is 0 Å². The molecule has 0 spiro atoms. The molecule has 0 aromatic heterocycles. The lowest BCUT2D eigenvalue weighted by Gasteiger charge is -2.50. The van der Waals surface area contributed by atoms with Crippen LogP contribution in [-0.2, 0) is 4.74 Å². The van der Waals surface area contributed by atoms with Crippen molar-refractivity contribution >= 4 is 6.08 Å². The van der Waals surface area contributed by atoms with Gasteiger partial charge in [-0.15, -0.1) is 0 Å². The highest BCUT2D eigenvalue weighted by atomic mass is 16.5. The summed E-state index contributed by atoms with van der Waals surface area (Å²) in [6, 6.07) is 11.0. The first-order valence-electron chi connectivity index (χ1n) is 7.40. The van der Waals surface area contributed by atoms with Crippen LogP contribution < -0.4 is 0 Å². The van der Waals surface area contributed by atoms with Crippen LogP contribution >= 0.6 is 0 Å². The van der Waals surface area contributed by atoms with Crippen LogP contribution in [0.15, 0.2) is 36.4 Å². The highest BCUT2D eigenvalue weighted by molar-refractivity contribution is 5.48. The fraction of sp³-hybridized carbons (Fsp3) is 0.529. The summed E-state index contributed by atoms with van der Waals surface area (Å²) >= 11 is 0. The van der Waals surface area contributed by atoms with E-state index in [9.17, 15) is 5.11 Å². The number of fused-ring (bicyclic) bond motifs is 2. The van der Waals surface area contributed by atoms with Gasteiger partial charge < -0.3 is 9.84 Å². The van der Waals surface area contributed by atoms with Gasteiger partial charge in [0, 0.05) is 12.1 Å². The fourth-order valence-corrected chi connectivity index (χ4v) is 3.38. The molecule has 2 fully saturated rings. The van der Waals surface area contributed by atoms with E-state index < -0.39 is 5.60 Å². The third-order valence-electron chi connectivity index (χ3n) is 4.61. The van der Waals surface area contributed by atoms with Crippen molar-refractivity contribution in [3.8, 4) is 0 Å². The van der Waals surface area contributed by atoms with Crippen molar-refractivity contribution in [2.75, 3.05) is 20.3 Å². The molecule has 3 heteroatoms. The van der Waals surface area contributed by atoms with Crippen LogP contribution in [0.3, 0.4) is 0 Å². The molecule has 3 rings (SSSR count). The Morgan fingerprint density at radius 1 is 1.25 bits per heavy atom. The summed E-state index contributed by atoms with van der Waals surface area (Å²) in [5, 5.41) is 10.8. The van der Waals surface area contributed by atoms with Crippen molar-refractivity contribution < 1.29 is 9.84 Å². The zero-order chi connectivity index (χ0) is 14.0. The van der Waals surface area contributed by atoms with Gasteiger partial charge in [0.1, 0.15) is 0 Å². The predicted octanol–water partition coefficient (Wildman–Crippen LogP) is 2.31. The maximum Gasteiger partial charge on any atom is 0.0713 e. The molecule has 2 heterocycles. The first kappa shape index (κ1) is 13.8. The number of piperidine rings is 1. The van der Waals surface area contributed by atoms with Crippen LogP contribution in [0.2, 0.25) is 0 Å². The molecule has 3 nitrogen and oxygen atoms in total. The number of morpholine rings is 1. The van der Waals surface area contributed by atoms with E-state index in [1.807, 2.05) is 18.2 Å². The number of hydrogen-bond donors (Lipinski definition) is 1. The number of likely N-dealkylation sites (N-methyl/N-ethyl adjacent to an activating group) is 1. The lowest BCUT2D eigenvalue weighted by molar-refractivity contribution is -0.132. The monoisotopic (exact) mass is 273 g/mol. The van der Waals surface area contributed by atoms with Crippen molar-refractivity contribution in [3.05, 3.63) is 42.0 Å². The molecular formula is C17H23NO2. The summed E-state index contributed by atoms with van der Waals surface area (Å²) in [5.41, 5.74) is 0.615. The quantitative estimate of drug-likeness (QED) is 0.917. The van der Waals surface area contributed by atoms with E-state index >= 15 is 0 Å². The first-order valence-corrected chi connectivity index (χ1v) is 7.40. The second-order valence-electron chi connectivity index (χ2n) is 6.16. The second-order valence-corrected chi connectivity index (χ2v) is 6.16. The maximum absolute atomic E-state index is 10.8. The summed E-state index contributed by atoms with van der Waals surface area (Å²) in [7, 11) is 2.15. The van der Waals surface area contributed by atoms with Crippen LogP contribution in [0.1, 0.15) is 24.8 Å². The first-order chi connectivity index (χ1) is 9.66. The van der Waals surface area contributed by atoms with Gasteiger partial charge in [-0.05, 0) is 31.9 Å². The van der Waals surface area contributed by atoms with Gasteiger partial charge in [0.25, 0.3) is 0 Å². The summed E-state index contributed by atoms with van der Waals surface area (Å²) in [5.74, 6) is 0. The largest absolute Gasteiger partial charge is 0.389 e. The summed E-state index contributed by atoms with van der Waals surface area (Å²) < 4.78 is 5.60. The van der Waals surface area contributed by atoms with Gasteiger partial charge in [0.05, 0.1) is 18.8 Å². The molecule has 20 heavy (non-hydrogen) atoms. The molecule has 2 saturated heterocycles. The molecule has 2 aliphatic heterocycles. The Labute approximate surface area is 120 Å². The van der Waals surface area contributed by atoms with Crippen molar-refractivity contribution in [2.45, 2.75) is 36.9 Å². The predicted molar refractivity (Wildman–Crippen MR) is 80.4 cm³/mol. The molecule has 0 amide bonds. The molecule has 0 saturated carbocycles. The Morgan fingerprint density at radius 2 is 1.90 bits per heavy atom. The van der Waals surface area contributed by atoms with Crippen molar-refractivity contribution in [2.24, 2.45) is 0 Å². The average Bonchev–Trinajstić information content (AvgIpc) is 2.42. The molecular weight excluding hydrogens is 250 g/mol. The van der Waals surface area contributed by atoms with Gasteiger partial charge in [-0.1, -0.05) is 42.5 Å². The number of ether oxygens (including phenoxy) is 1. The molecule has 108 valence electrons. The fourth-order valence-electron chi connectivity index (χ4n) is 3.38. The van der Waals surface area contributed by atoms with Gasteiger partial charge in [0.15, 0.2) is 0 Å². The van der Waals surface area contributed by atoms with Crippen molar-refractivity contribution in [1.82, 2.24) is 4.90 Å². The van der Waals surface area contributed by atoms with E-state index in [0.717, 1.165) is 32.5 Å². The Bertz CT molecular complexity index is 457. The summed E-state index contributed by atoms with van der Waals surface area (Å²) in [6.07, 6.45) is 6.54. The Balaban J connectivity index is 1.63. The zero-order valence-corrected chi connectivity index (χ0v) is 12.0. The number of benzene rings is 1. The highest BCUT2D eigenvalue weighted by Gasteiger charge is 2.43. The van der Waals surface area contributed by atoms with E-state index in [1.54, 1.807) is 0 Å². The molecule has 1 aromatic rings. The number of aliphatic hydroxyl groups is 1. The van der Waals surface area contributed by atoms with E-state index in [-0.39, 0.29) is 0 Å². The normalized spacial score (nSPS) is 34.5. The molecule has 0 aliphatic carbocycles. The topological polar surface area (TPSA) is 32.7 Å². The van der Waals surface area contributed by atoms with Gasteiger partial charge in [0.2, 0.25) is 0 Å². The van der Waals surface area contributed by atoms with Crippen LogP contribution in [0.5, 0.6) is 0 Å². The van der Waals surface area contributed by atoms with E-state index in [2.05, 4.69) is 36.2 Å². The van der Waals surface area contributed by atoms with Gasteiger partial charge in [-0.3, -0.25) is 4.90 Å². The molecule has 0 radical (unpaired) electrons. The van der Waals surface area contributed by atoms with Gasteiger partial charge in [-0.2, -0.15) is 0 Å². The minimum absolute atomic E-state index is 0.359. The van der Waals surface area contributed by atoms with Crippen LogP contribution in [0, 0.1) is 0 Å². The van der Waals surface area contributed by atoms with Gasteiger partial charge >= 0.3 is 0 Å². The summed E-state index contributed by atoms with van der Waals surface area (Å²) in [6.45, 7) is 1.50. The number of rotatable bonds is 3. The van der Waals surface area contributed by atoms with E-state index in [1.165, 1.54) is 5.56 Å². The lowest BCUT2D eigenvalue weighted by atomic mass is 9.79. The van der Waals surface area contributed by atoms with Crippen molar-refractivity contribution in [1.29, 1.82) is 0 Å². The molecule has 2 bridgehead atoms. The van der Waals surface area contributed by atoms with Crippen LogP contribution in [0.25, 0.3) is 6.08 Å². The molecule has 2 atom stereocenters. The number of hydrogen-bond acceptors (Lipinski definition) is 3. The maximum atomic E-state index is 10.8. The zero-order valence-electron chi connectivity index (χ0n) is 12.0. The number of nitrogens with zero attached hydrogens (tertiary/aromatic N) is 1. The van der Waals surface area contributed by atoms with E-state index in [0.29, 0.717) is 12.1 Å². The molecule has 2 unspecified atom stereocenters. The minimum Gasteiger partial charge on any atom is -0.389 e. The third kappa shape index (κ3) is 2.95. The van der Waals surface area contributed by atoms with Gasteiger partial charge in [-0.25, -0.2) is 0 Å². The van der Waals surface area contributed by atoms with Crippen LogP contribution in [-0.4, -0.2) is 48.0 Å².